The lowest BCUT2D eigenvalue weighted by atomic mass is 9.98. The Morgan fingerprint density at radius 1 is 0.680 bits per heavy atom. The summed E-state index contributed by atoms with van der Waals surface area (Å²) in [5, 5.41) is 71.1. The minimum Gasteiger partial charge on any atom is -0.457 e. The molecular weight excluding hydrogens is 656 g/mol. The van der Waals surface area contributed by atoms with Crippen molar-refractivity contribution in [2.45, 2.75) is 139 Å². The molecule has 0 aromatic carbocycles. The van der Waals surface area contributed by atoms with E-state index >= 15 is 0 Å². The van der Waals surface area contributed by atoms with E-state index in [0.717, 1.165) is 44.9 Å². The van der Waals surface area contributed by atoms with Crippen LogP contribution < -0.4 is 0 Å². The summed E-state index contributed by atoms with van der Waals surface area (Å²) in [6.07, 6.45) is 7.78. The van der Waals surface area contributed by atoms with Crippen LogP contribution in [0.3, 0.4) is 0 Å². The fourth-order valence-electron chi connectivity index (χ4n) is 5.09. The predicted molar refractivity (Wildman–Crippen MR) is 183 cm³/mol. The summed E-state index contributed by atoms with van der Waals surface area (Å²) in [5.74, 6) is -0.435. The van der Waals surface area contributed by atoms with Crippen molar-refractivity contribution >= 4 is 5.97 Å². The summed E-state index contributed by atoms with van der Waals surface area (Å²) in [5.41, 5.74) is 0. The summed E-state index contributed by atoms with van der Waals surface area (Å²) in [7, 11) is 0. The molecule has 0 saturated carbocycles. The van der Waals surface area contributed by atoms with Gasteiger partial charge >= 0.3 is 5.97 Å². The van der Waals surface area contributed by atoms with Crippen LogP contribution in [0.2, 0.25) is 0 Å². The highest BCUT2D eigenvalue weighted by molar-refractivity contribution is 5.69. The van der Waals surface area contributed by atoms with Crippen molar-refractivity contribution in [2.75, 3.05) is 33.0 Å². The zero-order chi connectivity index (χ0) is 36.7. The number of rotatable bonds is 24. The van der Waals surface area contributed by atoms with Crippen LogP contribution in [0.1, 0.15) is 71.6 Å². The molecule has 14 nitrogen and oxygen atoms in total. The molecule has 0 aromatic heterocycles. The van der Waals surface area contributed by atoms with Crippen LogP contribution in [-0.4, -0.2) is 142 Å². The number of carbonyl (C=O) groups is 1. The number of hydrogen-bond acceptors (Lipinski definition) is 14. The maximum atomic E-state index is 12.4. The van der Waals surface area contributed by atoms with Crippen molar-refractivity contribution in [3.63, 3.8) is 0 Å². The lowest BCUT2D eigenvalue weighted by Gasteiger charge is -2.42. The van der Waals surface area contributed by atoms with Gasteiger partial charge in [-0.25, -0.2) is 0 Å². The van der Waals surface area contributed by atoms with Crippen molar-refractivity contribution in [3.8, 4) is 0 Å². The number of unbranched alkanes of at least 4 members (excludes halogenated alkanes) is 2. The van der Waals surface area contributed by atoms with Crippen molar-refractivity contribution in [2.24, 2.45) is 0 Å². The van der Waals surface area contributed by atoms with Gasteiger partial charge in [-0.1, -0.05) is 68.9 Å². The molecule has 2 heterocycles. The molecule has 0 aliphatic carbocycles. The molecule has 2 rings (SSSR count). The van der Waals surface area contributed by atoms with Gasteiger partial charge in [0.15, 0.2) is 12.6 Å². The molecule has 2 aliphatic heterocycles. The van der Waals surface area contributed by atoms with Crippen molar-refractivity contribution in [1.29, 1.82) is 0 Å². The third-order valence-corrected chi connectivity index (χ3v) is 8.10. The Bertz CT molecular complexity index is 1020. The van der Waals surface area contributed by atoms with Crippen molar-refractivity contribution < 1.29 is 69.0 Å². The fourth-order valence-corrected chi connectivity index (χ4v) is 5.09. The topological polar surface area (TPSA) is 214 Å². The van der Waals surface area contributed by atoms with E-state index in [0.29, 0.717) is 13.0 Å². The highest BCUT2D eigenvalue weighted by atomic mass is 16.7. The molecule has 288 valence electrons. The van der Waals surface area contributed by atoms with E-state index in [1.54, 1.807) is 0 Å². The zero-order valence-electron chi connectivity index (χ0n) is 29.4. The summed E-state index contributed by atoms with van der Waals surface area (Å²) in [4.78, 5) is 12.4. The number of ether oxygens (including phenoxy) is 6. The van der Waals surface area contributed by atoms with Crippen molar-refractivity contribution in [3.05, 3.63) is 48.6 Å². The SMILES string of the molecule is CC/C=C\C/C=C\C/C=C\C/C=C\CCCOCC(COC1OC(COC2OC(CO)C(O)C(O)C2O)C(O)C(O)C1O)OC(=O)CCCC. The second-order valence-electron chi connectivity index (χ2n) is 12.3. The van der Waals surface area contributed by atoms with Gasteiger partial charge in [-0.15, -0.1) is 0 Å². The van der Waals surface area contributed by atoms with E-state index < -0.39 is 86.7 Å². The molecule has 11 unspecified atom stereocenters. The number of aliphatic hydroxyl groups is 7. The van der Waals surface area contributed by atoms with Gasteiger partial charge in [0.1, 0.15) is 54.9 Å². The lowest BCUT2D eigenvalue weighted by Crippen LogP contribution is -2.61. The minimum atomic E-state index is -1.71. The number of hydrogen-bond donors (Lipinski definition) is 7. The number of allylic oxidation sites excluding steroid dienone is 8. The average Bonchev–Trinajstić information content (AvgIpc) is 3.11. The van der Waals surface area contributed by atoms with E-state index in [4.69, 9.17) is 28.4 Å². The van der Waals surface area contributed by atoms with Gasteiger partial charge in [-0.2, -0.15) is 0 Å². The standard InChI is InChI=1S/C36H60O14/c1-3-5-7-8-9-10-11-12-13-14-15-16-17-18-20-45-22-25(48-28(38)19-6-4-2)23-46-35-34(44)32(42)30(40)27(50-35)24-47-36-33(43)31(41)29(39)26(21-37)49-36/h5,7,9-10,12-13,15-16,25-27,29-37,39-44H,3-4,6,8,11,14,17-24H2,1-2H3/b7-5-,10-9-,13-12-,16-15-. The Morgan fingerprint density at radius 2 is 1.24 bits per heavy atom. The number of carbonyl (C=O) groups excluding carboxylic acids is 1. The molecule has 0 amide bonds. The maximum Gasteiger partial charge on any atom is 0.306 e. The molecule has 0 bridgehead atoms. The first-order valence-corrected chi connectivity index (χ1v) is 17.7. The fraction of sp³-hybridized carbons (Fsp3) is 0.750. The summed E-state index contributed by atoms with van der Waals surface area (Å²) >= 11 is 0. The maximum absolute atomic E-state index is 12.4. The summed E-state index contributed by atoms with van der Waals surface area (Å²) < 4.78 is 33.4. The molecule has 14 heteroatoms. The van der Waals surface area contributed by atoms with E-state index in [9.17, 15) is 40.5 Å². The van der Waals surface area contributed by atoms with E-state index in [1.165, 1.54) is 0 Å². The second kappa shape index (κ2) is 25.8. The Morgan fingerprint density at radius 3 is 1.84 bits per heavy atom. The van der Waals surface area contributed by atoms with Crippen molar-refractivity contribution in [1.82, 2.24) is 0 Å². The van der Waals surface area contributed by atoms with E-state index in [2.05, 4.69) is 55.5 Å². The highest BCUT2D eigenvalue weighted by Gasteiger charge is 2.47. The quantitative estimate of drug-likeness (QED) is 0.0427. The predicted octanol–water partition coefficient (Wildman–Crippen LogP) is 1.33. The van der Waals surface area contributed by atoms with Gasteiger partial charge in [0.2, 0.25) is 0 Å². The molecule has 0 aromatic rings. The summed E-state index contributed by atoms with van der Waals surface area (Å²) in [6.45, 7) is 3.09. The molecule has 0 radical (unpaired) electrons. The van der Waals surface area contributed by atoms with Crippen LogP contribution in [0, 0.1) is 0 Å². The number of aliphatic hydroxyl groups excluding tert-OH is 7. The lowest BCUT2D eigenvalue weighted by molar-refractivity contribution is -0.332. The molecule has 7 N–H and O–H groups in total. The van der Waals surface area contributed by atoms with Crippen LogP contribution in [0.15, 0.2) is 48.6 Å². The highest BCUT2D eigenvalue weighted by Crippen LogP contribution is 2.26. The Kier molecular flexibility index (Phi) is 22.8. The average molecular weight is 717 g/mol. The monoisotopic (exact) mass is 716 g/mol. The first-order valence-electron chi connectivity index (χ1n) is 17.7. The van der Waals surface area contributed by atoms with Gasteiger partial charge in [-0.05, 0) is 44.9 Å². The molecule has 2 saturated heterocycles. The third kappa shape index (κ3) is 16.1. The first-order chi connectivity index (χ1) is 24.1. The summed E-state index contributed by atoms with van der Waals surface area (Å²) in [6, 6.07) is 0. The molecule has 2 aliphatic rings. The molecule has 0 spiro atoms. The Balaban J connectivity index is 1.82. The van der Waals surface area contributed by atoms with Gasteiger partial charge in [-0.3, -0.25) is 4.79 Å². The molecule has 11 atom stereocenters. The Labute approximate surface area is 295 Å². The smallest absolute Gasteiger partial charge is 0.306 e. The van der Waals surface area contributed by atoms with Gasteiger partial charge < -0.3 is 64.2 Å². The first kappa shape index (κ1) is 44.1. The zero-order valence-corrected chi connectivity index (χ0v) is 29.4. The normalized spacial score (nSPS) is 31.4. The van der Waals surface area contributed by atoms with E-state index in [1.807, 2.05) is 6.92 Å². The van der Waals surface area contributed by atoms with Gasteiger partial charge in [0.25, 0.3) is 0 Å². The second-order valence-corrected chi connectivity index (χ2v) is 12.3. The molecule has 50 heavy (non-hydrogen) atoms. The molecule has 2 fully saturated rings. The molecular formula is C36H60O14. The van der Waals surface area contributed by atoms with Crippen LogP contribution in [-0.2, 0) is 33.2 Å². The van der Waals surface area contributed by atoms with Crippen LogP contribution in [0.25, 0.3) is 0 Å². The number of esters is 1. The third-order valence-electron chi connectivity index (χ3n) is 8.10. The Hall–Kier alpha value is -2.05. The van der Waals surface area contributed by atoms with Crippen LogP contribution >= 0.6 is 0 Å². The largest absolute Gasteiger partial charge is 0.457 e. The van der Waals surface area contributed by atoms with Crippen LogP contribution in [0.5, 0.6) is 0 Å². The minimum absolute atomic E-state index is 0.0176. The van der Waals surface area contributed by atoms with E-state index in [-0.39, 0.29) is 19.6 Å². The van der Waals surface area contributed by atoms with Gasteiger partial charge in [0.05, 0.1) is 26.4 Å². The van der Waals surface area contributed by atoms with Gasteiger partial charge in [0, 0.05) is 13.0 Å². The van der Waals surface area contributed by atoms with Crippen LogP contribution in [0.4, 0.5) is 0 Å².